The van der Waals surface area contributed by atoms with Crippen molar-refractivity contribution in [3.05, 3.63) is 58.9 Å². The zero-order valence-corrected chi connectivity index (χ0v) is 10.3. The van der Waals surface area contributed by atoms with Crippen LogP contribution in [0.2, 0.25) is 0 Å². The number of halogens is 1. The van der Waals surface area contributed by atoms with Gasteiger partial charge in [-0.25, -0.2) is 4.39 Å². The molecule has 0 saturated heterocycles. The van der Waals surface area contributed by atoms with Gasteiger partial charge < -0.3 is 0 Å². The molecule has 0 nitrogen and oxygen atoms in total. The first-order valence-electron chi connectivity index (χ1n) is 5.92. The number of aryl methyl sites for hydroxylation is 1. The van der Waals surface area contributed by atoms with Crippen molar-refractivity contribution < 1.29 is 4.39 Å². The average Bonchev–Trinajstić information content (AvgIpc) is 2.48. The number of hydrogen-bond donors (Lipinski definition) is 0. The molecule has 1 heteroatoms. The molecule has 0 saturated carbocycles. The van der Waals surface area contributed by atoms with Crippen LogP contribution in [0, 0.1) is 12.7 Å². The molecular formula is C16H15F. The van der Waals surface area contributed by atoms with Gasteiger partial charge in [0.1, 0.15) is 5.82 Å². The highest BCUT2D eigenvalue weighted by Crippen LogP contribution is 2.48. The second-order valence-corrected chi connectivity index (χ2v) is 5.36. The largest absolute Gasteiger partial charge is 0.207 e. The van der Waals surface area contributed by atoms with Gasteiger partial charge >= 0.3 is 0 Å². The Labute approximate surface area is 101 Å². The first kappa shape index (κ1) is 10.5. The predicted octanol–water partition coefficient (Wildman–Crippen LogP) is 4.44. The molecule has 0 N–H and O–H groups in total. The molecule has 0 spiro atoms. The minimum absolute atomic E-state index is 0.0968. The van der Waals surface area contributed by atoms with E-state index in [1.807, 2.05) is 6.07 Å². The highest BCUT2D eigenvalue weighted by atomic mass is 19.1. The van der Waals surface area contributed by atoms with Crippen LogP contribution in [0.15, 0.2) is 36.4 Å². The van der Waals surface area contributed by atoms with E-state index >= 15 is 0 Å². The van der Waals surface area contributed by atoms with Crippen LogP contribution >= 0.6 is 0 Å². The molecule has 3 rings (SSSR count). The summed E-state index contributed by atoms with van der Waals surface area (Å²) >= 11 is 0. The van der Waals surface area contributed by atoms with Gasteiger partial charge in [-0.2, -0.15) is 0 Å². The lowest BCUT2D eigenvalue weighted by atomic mass is 9.82. The number of hydrogen-bond acceptors (Lipinski definition) is 0. The molecule has 1 aliphatic rings. The molecular weight excluding hydrogens is 211 g/mol. The van der Waals surface area contributed by atoms with E-state index < -0.39 is 0 Å². The second-order valence-electron chi connectivity index (χ2n) is 5.36. The normalized spacial score (nSPS) is 15.5. The maximum atomic E-state index is 13.4. The topological polar surface area (TPSA) is 0 Å². The van der Waals surface area contributed by atoms with Crippen LogP contribution < -0.4 is 0 Å². The van der Waals surface area contributed by atoms with E-state index in [1.54, 1.807) is 12.1 Å². The molecule has 0 atom stereocenters. The number of benzene rings is 2. The Morgan fingerprint density at radius 3 is 2.41 bits per heavy atom. The van der Waals surface area contributed by atoms with E-state index in [0.717, 1.165) is 5.56 Å². The highest BCUT2D eigenvalue weighted by Gasteiger charge is 2.35. The zero-order chi connectivity index (χ0) is 12.2. The molecule has 0 aliphatic heterocycles. The molecule has 2 aromatic rings. The van der Waals surface area contributed by atoms with Gasteiger partial charge in [0.25, 0.3) is 0 Å². The number of rotatable bonds is 0. The first-order chi connectivity index (χ1) is 8.00. The molecule has 0 fully saturated rings. The molecule has 0 heterocycles. The van der Waals surface area contributed by atoms with Crippen molar-refractivity contribution in [2.45, 2.75) is 26.2 Å². The van der Waals surface area contributed by atoms with E-state index in [0.29, 0.717) is 0 Å². The summed E-state index contributed by atoms with van der Waals surface area (Å²) in [4.78, 5) is 0. The minimum Gasteiger partial charge on any atom is -0.207 e. The van der Waals surface area contributed by atoms with Crippen molar-refractivity contribution in [3.63, 3.8) is 0 Å². The quantitative estimate of drug-likeness (QED) is 0.623. The standard InChI is InChI=1S/C16H15F/c1-10-4-7-14-13(8-10)12-6-5-11(17)9-15(12)16(14,2)3/h4-9H,1-3H3. The molecule has 0 aromatic heterocycles. The van der Waals surface area contributed by atoms with Gasteiger partial charge in [-0.15, -0.1) is 0 Å². The minimum atomic E-state index is -0.152. The summed E-state index contributed by atoms with van der Waals surface area (Å²) in [5.74, 6) is -0.152. The lowest BCUT2D eigenvalue weighted by Crippen LogP contribution is -2.15. The van der Waals surface area contributed by atoms with Crippen LogP contribution in [0.4, 0.5) is 4.39 Å². The van der Waals surface area contributed by atoms with Gasteiger partial charge in [-0.05, 0) is 41.3 Å². The lowest BCUT2D eigenvalue weighted by molar-refractivity contribution is 0.609. The van der Waals surface area contributed by atoms with E-state index in [4.69, 9.17) is 0 Å². The summed E-state index contributed by atoms with van der Waals surface area (Å²) in [5.41, 5.74) is 5.97. The van der Waals surface area contributed by atoms with Crippen LogP contribution in [0.1, 0.15) is 30.5 Å². The van der Waals surface area contributed by atoms with Crippen molar-refractivity contribution >= 4 is 0 Å². The van der Waals surface area contributed by atoms with Gasteiger partial charge in [-0.1, -0.05) is 43.7 Å². The molecule has 0 unspecified atom stereocenters. The highest BCUT2D eigenvalue weighted by molar-refractivity contribution is 5.81. The smallest absolute Gasteiger partial charge is 0.123 e. The molecule has 0 amide bonds. The average molecular weight is 226 g/mol. The fraction of sp³-hybridized carbons (Fsp3) is 0.250. The Balaban J connectivity index is 2.38. The van der Waals surface area contributed by atoms with Crippen molar-refractivity contribution in [1.82, 2.24) is 0 Å². The zero-order valence-electron chi connectivity index (χ0n) is 10.3. The van der Waals surface area contributed by atoms with Gasteiger partial charge in [0, 0.05) is 5.41 Å². The maximum Gasteiger partial charge on any atom is 0.123 e. The SMILES string of the molecule is Cc1ccc2c(c1)-c1ccc(F)cc1C2(C)C. The Morgan fingerprint density at radius 1 is 0.882 bits per heavy atom. The van der Waals surface area contributed by atoms with Crippen molar-refractivity contribution in [1.29, 1.82) is 0 Å². The third-order valence-corrected chi connectivity index (χ3v) is 3.79. The molecule has 1 aliphatic carbocycles. The van der Waals surface area contributed by atoms with Crippen LogP contribution in [0.3, 0.4) is 0 Å². The van der Waals surface area contributed by atoms with Gasteiger partial charge in [0.15, 0.2) is 0 Å². The molecule has 17 heavy (non-hydrogen) atoms. The molecule has 2 aromatic carbocycles. The maximum absolute atomic E-state index is 13.4. The van der Waals surface area contributed by atoms with E-state index in [1.165, 1.54) is 22.3 Å². The predicted molar refractivity (Wildman–Crippen MR) is 68.7 cm³/mol. The van der Waals surface area contributed by atoms with Crippen LogP contribution in [0.25, 0.3) is 11.1 Å². The second kappa shape index (κ2) is 3.19. The fourth-order valence-corrected chi connectivity index (χ4v) is 2.84. The summed E-state index contributed by atoms with van der Waals surface area (Å²) in [5, 5.41) is 0. The van der Waals surface area contributed by atoms with Crippen molar-refractivity contribution in [2.75, 3.05) is 0 Å². The molecule has 0 bridgehead atoms. The third kappa shape index (κ3) is 1.35. The van der Waals surface area contributed by atoms with Crippen LogP contribution in [-0.2, 0) is 5.41 Å². The summed E-state index contributed by atoms with van der Waals surface area (Å²) < 4.78 is 13.4. The van der Waals surface area contributed by atoms with Crippen molar-refractivity contribution in [2.24, 2.45) is 0 Å². The van der Waals surface area contributed by atoms with Gasteiger partial charge in [0.2, 0.25) is 0 Å². The van der Waals surface area contributed by atoms with E-state index in [-0.39, 0.29) is 11.2 Å². The summed E-state index contributed by atoms with van der Waals surface area (Å²) in [6, 6.07) is 11.6. The Bertz CT molecular complexity index is 609. The number of fused-ring (bicyclic) bond motifs is 3. The van der Waals surface area contributed by atoms with E-state index in [9.17, 15) is 4.39 Å². The van der Waals surface area contributed by atoms with E-state index in [2.05, 4.69) is 39.0 Å². The van der Waals surface area contributed by atoms with Crippen molar-refractivity contribution in [3.8, 4) is 11.1 Å². The Hall–Kier alpha value is -1.63. The molecule has 86 valence electrons. The first-order valence-corrected chi connectivity index (χ1v) is 5.92. The molecule has 0 radical (unpaired) electrons. The Morgan fingerprint density at radius 2 is 1.65 bits per heavy atom. The van der Waals surface area contributed by atoms with Gasteiger partial charge in [-0.3, -0.25) is 0 Å². The fourth-order valence-electron chi connectivity index (χ4n) is 2.84. The Kier molecular flexibility index (Phi) is 1.97. The van der Waals surface area contributed by atoms with Crippen LogP contribution in [-0.4, -0.2) is 0 Å². The lowest BCUT2D eigenvalue weighted by Gasteiger charge is -2.21. The summed E-state index contributed by atoms with van der Waals surface area (Å²) in [7, 11) is 0. The van der Waals surface area contributed by atoms with Crippen LogP contribution in [0.5, 0.6) is 0 Å². The summed E-state index contributed by atoms with van der Waals surface area (Å²) in [6.45, 7) is 6.41. The summed E-state index contributed by atoms with van der Waals surface area (Å²) in [6.07, 6.45) is 0. The van der Waals surface area contributed by atoms with Gasteiger partial charge in [0.05, 0.1) is 0 Å². The monoisotopic (exact) mass is 226 g/mol. The third-order valence-electron chi connectivity index (χ3n) is 3.79.